The van der Waals surface area contributed by atoms with Gasteiger partial charge in [0.1, 0.15) is 0 Å². The van der Waals surface area contributed by atoms with Crippen molar-refractivity contribution in [2.45, 2.75) is 11.8 Å². The standard InChI is InChI=1S/C23H19N3O5S/c1-14-10-11-17(32(30,31)24-2)13-20(14)21(27)25-15-6-5-7-16(12-15)26-22(28)18-8-3-4-9-19(18)23(26)29/h3-13,24H,1-2H3,(H,25,27). The number of nitrogens with one attached hydrogen (secondary N) is 2. The molecule has 1 heterocycles. The van der Waals surface area contributed by atoms with Crippen molar-refractivity contribution in [2.75, 3.05) is 17.3 Å². The monoisotopic (exact) mass is 449 g/mol. The number of aryl methyl sites for hydroxylation is 1. The number of hydrogen-bond donors (Lipinski definition) is 2. The lowest BCUT2D eigenvalue weighted by Crippen LogP contribution is -2.29. The largest absolute Gasteiger partial charge is 0.322 e. The van der Waals surface area contributed by atoms with E-state index in [1.165, 1.54) is 25.2 Å². The molecule has 0 atom stereocenters. The molecule has 32 heavy (non-hydrogen) atoms. The highest BCUT2D eigenvalue weighted by Crippen LogP contribution is 2.30. The van der Waals surface area contributed by atoms with Crippen LogP contribution >= 0.6 is 0 Å². The molecule has 1 aliphatic heterocycles. The molecule has 162 valence electrons. The number of amides is 3. The molecule has 3 aromatic rings. The van der Waals surface area contributed by atoms with E-state index in [2.05, 4.69) is 10.0 Å². The van der Waals surface area contributed by atoms with Crippen molar-refractivity contribution in [3.05, 3.63) is 89.0 Å². The van der Waals surface area contributed by atoms with Gasteiger partial charge in [-0.3, -0.25) is 14.4 Å². The van der Waals surface area contributed by atoms with Crippen LogP contribution in [0.4, 0.5) is 11.4 Å². The Balaban J connectivity index is 1.62. The average Bonchev–Trinajstić information content (AvgIpc) is 3.04. The molecule has 1 aliphatic rings. The summed E-state index contributed by atoms with van der Waals surface area (Å²) in [7, 11) is -2.42. The first-order chi connectivity index (χ1) is 15.2. The summed E-state index contributed by atoms with van der Waals surface area (Å²) in [5, 5.41) is 2.71. The molecule has 3 amide bonds. The van der Waals surface area contributed by atoms with Crippen LogP contribution in [-0.2, 0) is 10.0 Å². The molecule has 0 bridgehead atoms. The third-order valence-electron chi connectivity index (χ3n) is 5.19. The van der Waals surface area contributed by atoms with Crippen molar-refractivity contribution in [1.29, 1.82) is 0 Å². The maximum Gasteiger partial charge on any atom is 0.266 e. The smallest absolute Gasteiger partial charge is 0.266 e. The minimum absolute atomic E-state index is 0.0319. The number of hydrogen-bond acceptors (Lipinski definition) is 5. The lowest BCUT2D eigenvalue weighted by atomic mass is 10.1. The zero-order valence-electron chi connectivity index (χ0n) is 17.2. The molecule has 0 spiro atoms. The van der Waals surface area contributed by atoms with Gasteiger partial charge in [-0.15, -0.1) is 0 Å². The van der Waals surface area contributed by atoms with Gasteiger partial charge in [0.15, 0.2) is 0 Å². The predicted molar refractivity (Wildman–Crippen MR) is 119 cm³/mol. The Hall–Kier alpha value is -3.82. The Morgan fingerprint density at radius 1 is 0.875 bits per heavy atom. The van der Waals surface area contributed by atoms with E-state index in [9.17, 15) is 22.8 Å². The molecule has 2 N–H and O–H groups in total. The lowest BCUT2D eigenvalue weighted by molar-refractivity contribution is 0.0925. The molecule has 9 heteroatoms. The molecule has 0 radical (unpaired) electrons. The van der Waals surface area contributed by atoms with E-state index in [4.69, 9.17) is 0 Å². The maximum atomic E-state index is 12.9. The summed E-state index contributed by atoms with van der Waals surface area (Å²) in [6, 6.07) is 17.2. The van der Waals surface area contributed by atoms with Crippen LogP contribution in [0.3, 0.4) is 0 Å². The maximum absolute atomic E-state index is 12.9. The summed E-state index contributed by atoms with van der Waals surface area (Å²) >= 11 is 0. The Morgan fingerprint density at radius 3 is 2.16 bits per heavy atom. The number of imide groups is 1. The normalized spacial score (nSPS) is 13.2. The molecule has 0 unspecified atom stereocenters. The van der Waals surface area contributed by atoms with Gasteiger partial charge >= 0.3 is 0 Å². The average molecular weight is 449 g/mol. The summed E-state index contributed by atoms with van der Waals surface area (Å²) < 4.78 is 26.4. The second kappa shape index (κ2) is 8.03. The van der Waals surface area contributed by atoms with Crippen LogP contribution in [-0.4, -0.2) is 33.2 Å². The number of anilines is 2. The van der Waals surface area contributed by atoms with Crippen molar-refractivity contribution in [3.63, 3.8) is 0 Å². The Kier molecular flexibility index (Phi) is 5.37. The summed E-state index contributed by atoms with van der Waals surface area (Å²) in [6.07, 6.45) is 0. The van der Waals surface area contributed by atoms with E-state index < -0.39 is 27.7 Å². The molecule has 0 saturated carbocycles. The number of benzene rings is 3. The quantitative estimate of drug-likeness (QED) is 0.582. The number of rotatable bonds is 5. The van der Waals surface area contributed by atoms with Crippen molar-refractivity contribution in [2.24, 2.45) is 0 Å². The van der Waals surface area contributed by atoms with Gasteiger partial charge in [0.05, 0.1) is 21.7 Å². The molecule has 0 fully saturated rings. The zero-order chi connectivity index (χ0) is 23.0. The first-order valence-electron chi connectivity index (χ1n) is 9.66. The molecule has 4 rings (SSSR count). The SMILES string of the molecule is CNS(=O)(=O)c1ccc(C)c(C(=O)Nc2cccc(N3C(=O)c4ccccc4C3=O)c2)c1. The second-order valence-electron chi connectivity index (χ2n) is 7.18. The van der Waals surface area contributed by atoms with Crippen molar-refractivity contribution >= 4 is 39.1 Å². The van der Waals surface area contributed by atoms with E-state index in [1.807, 2.05) is 0 Å². The van der Waals surface area contributed by atoms with Crippen LogP contribution < -0.4 is 14.9 Å². The topological polar surface area (TPSA) is 113 Å². The van der Waals surface area contributed by atoms with E-state index in [0.717, 1.165) is 4.90 Å². The van der Waals surface area contributed by atoms with Crippen LogP contribution in [0.25, 0.3) is 0 Å². The molecule has 3 aromatic carbocycles. The Bertz CT molecular complexity index is 1350. The van der Waals surface area contributed by atoms with Crippen molar-refractivity contribution < 1.29 is 22.8 Å². The van der Waals surface area contributed by atoms with Crippen LogP contribution in [0.15, 0.2) is 71.6 Å². The number of sulfonamides is 1. The summed E-state index contributed by atoms with van der Waals surface area (Å²) in [6.45, 7) is 1.69. The van der Waals surface area contributed by atoms with Gasteiger partial charge < -0.3 is 5.32 Å². The van der Waals surface area contributed by atoms with Gasteiger partial charge in [-0.05, 0) is 62.0 Å². The van der Waals surface area contributed by atoms with E-state index in [1.54, 1.807) is 55.5 Å². The van der Waals surface area contributed by atoms with Crippen molar-refractivity contribution in [1.82, 2.24) is 4.72 Å². The Morgan fingerprint density at radius 2 is 1.53 bits per heavy atom. The van der Waals surface area contributed by atoms with Gasteiger partial charge in [-0.1, -0.05) is 24.3 Å². The van der Waals surface area contributed by atoms with Crippen LogP contribution in [0.1, 0.15) is 36.6 Å². The Labute approximate surface area is 184 Å². The first-order valence-corrected chi connectivity index (χ1v) is 11.1. The third-order valence-corrected chi connectivity index (χ3v) is 6.60. The molecule has 0 saturated heterocycles. The number of fused-ring (bicyclic) bond motifs is 1. The van der Waals surface area contributed by atoms with Crippen molar-refractivity contribution in [3.8, 4) is 0 Å². The molecule has 0 aliphatic carbocycles. The highest BCUT2D eigenvalue weighted by Gasteiger charge is 2.36. The number of carbonyl (C=O) groups is 3. The summed E-state index contributed by atoms with van der Waals surface area (Å²) in [5.74, 6) is -1.39. The van der Waals surface area contributed by atoms with Gasteiger partial charge in [-0.25, -0.2) is 18.0 Å². The fraction of sp³-hybridized carbons (Fsp3) is 0.0870. The minimum atomic E-state index is -3.71. The fourth-order valence-corrected chi connectivity index (χ4v) is 4.23. The van der Waals surface area contributed by atoms with Gasteiger partial charge in [0.2, 0.25) is 10.0 Å². The molecular formula is C23H19N3O5S. The summed E-state index contributed by atoms with van der Waals surface area (Å²) in [4.78, 5) is 39.3. The highest BCUT2D eigenvalue weighted by molar-refractivity contribution is 7.89. The zero-order valence-corrected chi connectivity index (χ0v) is 18.1. The second-order valence-corrected chi connectivity index (χ2v) is 9.07. The molecule has 0 aromatic heterocycles. The predicted octanol–water partition coefficient (Wildman–Crippen LogP) is 2.96. The third kappa shape index (κ3) is 3.68. The number of nitrogens with zero attached hydrogens (tertiary/aromatic N) is 1. The summed E-state index contributed by atoms with van der Waals surface area (Å²) in [5.41, 5.74) is 2.10. The fourth-order valence-electron chi connectivity index (χ4n) is 3.48. The first kappa shape index (κ1) is 21.4. The minimum Gasteiger partial charge on any atom is -0.322 e. The van der Waals surface area contributed by atoms with Crippen LogP contribution in [0.2, 0.25) is 0 Å². The highest BCUT2D eigenvalue weighted by atomic mass is 32.2. The lowest BCUT2D eigenvalue weighted by Gasteiger charge is -2.16. The van der Waals surface area contributed by atoms with Gasteiger partial charge in [0, 0.05) is 11.3 Å². The number of carbonyl (C=O) groups excluding carboxylic acids is 3. The van der Waals surface area contributed by atoms with E-state index in [0.29, 0.717) is 28.1 Å². The van der Waals surface area contributed by atoms with E-state index in [-0.39, 0.29) is 10.5 Å². The van der Waals surface area contributed by atoms with Gasteiger partial charge in [0.25, 0.3) is 17.7 Å². The molecular weight excluding hydrogens is 430 g/mol. The van der Waals surface area contributed by atoms with Gasteiger partial charge in [-0.2, -0.15) is 0 Å². The van der Waals surface area contributed by atoms with Crippen LogP contribution in [0.5, 0.6) is 0 Å². The van der Waals surface area contributed by atoms with Crippen LogP contribution in [0, 0.1) is 6.92 Å². The van der Waals surface area contributed by atoms with E-state index >= 15 is 0 Å². The molecule has 8 nitrogen and oxygen atoms in total.